The Bertz CT molecular complexity index is 869. The number of aryl methyl sites for hydroxylation is 1. The zero-order valence-electron chi connectivity index (χ0n) is 11.9. The first-order valence-corrected chi connectivity index (χ1v) is 8.13. The van der Waals surface area contributed by atoms with Crippen LogP contribution in [0.2, 0.25) is 0 Å². The Hall–Kier alpha value is -2.60. The van der Waals surface area contributed by atoms with Crippen molar-refractivity contribution >= 4 is 15.7 Å². The molecule has 0 aliphatic heterocycles. The van der Waals surface area contributed by atoms with E-state index in [2.05, 4.69) is 9.71 Å². The lowest BCUT2D eigenvalue weighted by Crippen LogP contribution is -2.12. The van der Waals surface area contributed by atoms with Crippen LogP contribution in [0.1, 0.15) is 5.89 Å². The summed E-state index contributed by atoms with van der Waals surface area (Å²) in [7, 11) is -3.60. The van der Waals surface area contributed by atoms with Crippen LogP contribution in [-0.2, 0) is 10.0 Å². The lowest BCUT2D eigenvalue weighted by atomic mass is 10.2. The molecule has 1 aromatic heterocycles. The fraction of sp³-hybridized carbons (Fsp3) is 0.0625. The fourth-order valence-corrected chi connectivity index (χ4v) is 3.08. The van der Waals surface area contributed by atoms with E-state index in [0.29, 0.717) is 17.3 Å². The van der Waals surface area contributed by atoms with Crippen molar-refractivity contribution < 1.29 is 12.8 Å². The third kappa shape index (κ3) is 3.01. The standard InChI is InChI=1S/C16H14N2O3S/c1-12-17-16(11-21-12)13-7-9-15(10-8-13)22(19,20)18-14-5-3-2-4-6-14/h2-11,18H,1H3. The molecule has 0 unspecified atom stereocenters. The van der Waals surface area contributed by atoms with Crippen molar-refractivity contribution in [1.82, 2.24) is 4.98 Å². The summed E-state index contributed by atoms with van der Waals surface area (Å²) in [6, 6.07) is 15.3. The second-order valence-electron chi connectivity index (χ2n) is 4.75. The van der Waals surface area contributed by atoms with Gasteiger partial charge in [-0.1, -0.05) is 30.3 Å². The maximum atomic E-state index is 12.3. The fourth-order valence-electron chi connectivity index (χ4n) is 2.02. The second kappa shape index (κ2) is 5.65. The average Bonchev–Trinajstić information content (AvgIpc) is 2.95. The maximum Gasteiger partial charge on any atom is 0.261 e. The first-order chi connectivity index (χ1) is 10.5. The summed E-state index contributed by atoms with van der Waals surface area (Å²) in [5.41, 5.74) is 2.01. The van der Waals surface area contributed by atoms with Gasteiger partial charge in [-0.2, -0.15) is 0 Å². The second-order valence-corrected chi connectivity index (χ2v) is 6.43. The topological polar surface area (TPSA) is 72.2 Å². The minimum Gasteiger partial charge on any atom is -0.449 e. The molecule has 0 amide bonds. The molecule has 6 heteroatoms. The van der Waals surface area contributed by atoms with Crippen LogP contribution >= 0.6 is 0 Å². The molecule has 0 aliphatic carbocycles. The Labute approximate surface area is 128 Å². The van der Waals surface area contributed by atoms with Crippen LogP contribution < -0.4 is 4.72 Å². The zero-order chi connectivity index (χ0) is 15.6. The van der Waals surface area contributed by atoms with Gasteiger partial charge in [-0.05, 0) is 24.3 Å². The third-order valence-corrected chi connectivity index (χ3v) is 4.50. The molecule has 0 atom stereocenters. The largest absolute Gasteiger partial charge is 0.449 e. The van der Waals surface area contributed by atoms with Gasteiger partial charge in [-0.15, -0.1) is 0 Å². The molecule has 1 N–H and O–H groups in total. The highest BCUT2D eigenvalue weighted by molar-refractivity contribution is 7.92. The normalized spacial score (nSPS) is 11.3. The lowest BCUT2D eigenvalue weighted by Gasteiger charge is -2.08. The first kappa shape index (κ1) is 14.3. The van der Waals surface area contributed by atoms with Crippen LogP contribution in [0, 0.1) is 6.92 Å². The number of aromatic nitrogens is 1. The molecule has 0 fully saturated rings. The summed E-state index contributed by atoms with van der Waals surface area (Å²) in [5.74, 6) is 0.567. The van der Waals surface area contributed by atoms with Gasteiger partial charge in [0.05, 0.1) is 4.90 Å². The van der Waals surface area contributed by atoms with Crippen molar-refractivity contribution in [1.29, 1.82) is 0 Å². The predicted molar refractivity (Wildman–Crippen MR) is 83.9 cm³/mol. The molecular weight excluding hydrogens is 300 g/mol. The van der Waals surface area contributed by atoms with Gasteiger partial charge in [0.15, 0.2) is 5.89 Å². The Morgan fingerprint density at radius 2 is 1.68 bits per heavy atom. The Kier molecular flexibility index (Phi) is 3.68. The molecule has 1 heterocycles. The number of benzene rings is 2. The molecule has 2 aromatic carbocycles. The van der Waals surface area contributed by atoms with Crippen LogP contribution in [0.5, 0.6) is 0 Å². The highest BCUT2D eigenvalue weighted by Crippen LogP contribution is 2.22. The predicted octanol–water partition coefficient (Wildman–Crippen LogP) is 3.45. The van der Waals surface area contributed by atoms with Gasteiger partial charge in [0.2, 0.25) is 0 Å². The summed E-state index contributed by atoms with van der Waals surface area (Å²) in [6.07, 6.45) is 1.54. The number of rotatable bonds is 4. The first-order valence-electron chi connectivity index (χ1n) is 6.65. The number of hydrogen-bond acceptors (Lipinski definition) is 4. The number of nitrogens with zero attached hydrogens (tertiary/aromatic N) is 1. The van der Waals surface area contributed by atoms with E-state index in [0.717, 1.165) is 5.56 Å². The Morgan fingerprint density at radius 3 is 2.27 bits per heavy atom. The van der Waals surface area contributed by atoms with Crippen molar-refractivity contribution in [3.05, 3.63) is 66.8 Å². The van der Waals surface area contributed by atoms with Gasteiger partial charge in [0, 0.05) is 18.2 Å². The molecule has 0 saturated heterocycles. The van der Waals surface area contributed by atoms with Crippen LogP contribution in [0.4, 0.5) is 5.69 Å². The molecule has 3 aromatic rings. The minimum atomic E-state index is -3.60. The van der Waals surface area contributed by atoms with Crippen molar-refractivity contribution in [3.8, 4) is 11.3 Å². The number of oxazole rings is 1. The average molecular weight is 314 g/mol. The Balaban J connectivity index is 1.86. The number of sulfonamides is 1. The third-order valence-electron chi connectivity index (χ3n) is 3.11. The maximum absolute atomic E-state index is 12.3. The van der Waals surface area contributed by atoms with Crippen LogP contribution in [-0.4, -0.2) is 13.4 Å². The molecule has 0 saturated carbocycles. The van der Waals surface area contributed by atoms with Gasteiger partial charge >= 0.3 is 0 Å². The molecule has 5 nitrogen and oxygen atoms in total. The minimum absolute atomic E-state index is 0.195. The summed E-state index contributed by atoms with van der Waals surface area (Å²) >= 11 is 0. The van der Waals surface area contributed by atoms with E-state index >= 15 is 0 Å². The molecule has 0 radical (unpaired) electrons. The summed E-state index contributed by atoms with van der Waals surface area (Å²) in [5, 5.41) is 0. The molecular formula is C16H14N2O3S. The smallest absolute Gasteiger partial charge is 0.261 e. The number of para-hydroxylation sites is 1. The van der Waals surface area contributed by atoms with Crippen LogP contribution in [0.15, 0.2) is 70.2 Å². The highest BCUT2D eigenvalue weighted by Gasteiger charge is 2.14. The van der Waals surface area contributed by atoms with Crippen LogP contribution in [0.3, 0.4) is 0 Å². The van der Waals surface area contributed by atoms with Gasteiger partial charge in [0.1, 0.15) is 12.0 Å². The molecule has 3 rings (SSSR count). The SMILES string of the molecule is Cc1nc(-c2ccc(S(=O)(=O)Nc3ccccc3)cc2)co1. The molecule has 0 aliphatic rings. The number of hydrogen-bond donors (Lipinski definition) is 1. The summed E-state index contributed by atoms with van der Waals surface area (Å²) in [4.78, 5) is 4.40. The van der Waals surface area contributed by atoms with E-state index in [-0.39, 0.29) is 4.90 Å². The number of nitrogens with one attached hydrogen (secondary N) is 1. The quantitative estimate of drug-likeness (QED) is 0.800. The van der Waals surface area contributed by atoms with E-state index in [1.165, 1.54) is 0 Å². The van der Waals surface area contributed by atoms with Crippen molar-refractivity contribution in [2.75, 3.05) is 4.72 Å². The van der Waals surface area contributed by atoms with Crippen molar-refractivity contribution in [2.24, 2.45) is 0 Å². The van der Waals surface area contributed by atoms with E-state index in [1.54, 1.807) is 61.7 Å². The van der Waals surface area contributed by atoms with Crippen molar-refractivity contribution in [2.45, 2.75) is 11.8 Å². The van der Waals surface area contributed by atoms with Crippen LogP contribution in [0.25, 0.3) is 11.3 Å². The van der Waals surface area contributed by atoms with E-state index in [1.807, 2.05) is 6.07 Å². The monoisotopic (exact) mass is 314 g/mol. The van der Waals surface area contributed by atoms with E-state index in [4.69, 9.17) is 4.42 Å². The summed E-state index contributed by atoms with van der Waals surface area (Å²) in [6.45, 7) is 1.76. The molecule has 22 heavy (non-hydrogen) atoms. The van der Waals surface area contributed by atoms with Gasteiger partial charge in [-0.3, -0.25) is 4.72 Å². The lowest BCUT2D eigenvalue weighted by molar-refractivity contribution is 0.521. The molecule has 112 valence electrons. The van der Waals surface area contributed by atoms with Gasteiger partial charge in [-0.25, -0.2) is 13.4 Å². The van der Waals surface area contributed by atoms with Gasteiger partial charge < -0.3 is 4.42 Å². The molecule has 0 bridgehead atoms. The Morgan fingerprint density at radius 1 is 1.00 bits per heavy atom. The van der Waals surface area contributed by atoms with E-state index < -0.39 is 10.0 Å². The summed E-state index contributed by atoms with van der Waals surface area (Å²) < 4.78 is 32.3. The van der Waals surface area contributed by atoms with E-state index in [9.17, 15) is 8.42 Å². The zero-order valence-corrected chi connectivity index (χ0v) is 12.7. The highest BCUT2D eigenvalue weighted by atomic mass is 32.2. The van der Waals surface area contributed by atoms with Crippen molar-refractivity contribution in [3.63, 3.8) is 0 Å². The van der Waals surface area contributed by atoms with Gasteiger partial charge in [0.25, 0.3) is 10.0 Å². The molecule has 0 spiro atoms. The number of anilines is 1.